The summed E-state index contributed by atoms with van der Waals surface area (Å²) >= 11 is 1.57. The van der Waals surface area contributed by atoms with Crippen molar-refractivity contribution in [2.75, 3.05) is 0 Å². The van der Waals surface area contributed by atoms with Gasteiger partial charge in [-0.15, -0.1) is 10.2 Å². The highest BCUT2D eigenvalue weighted by Gasteiger charge is 2.02. The summed E-state index contributed by atoms with van der Waals surface area (Å²) < 4.78 is 0. The molecule has 1 heterocycles. The van der Waals surface area contributed by atoms with Gasteiger partial charge in [0.05, 0.1) is 0 Å². The third-order valence-corrected chi connectivity index (χ3v) is 2.55. The van der Waals surface area contributed by atoms with Crippen molar-refractivity contribution in [3.63, 3.8) is 0 Å². The molecule has 0 aliphatic carbocycles. The average Bonchev–Trinajstić information content (AvgIpc) is 2.52. The van der Waals surface area contributed by atoms with E-state index >= 15 is 0 Å². The van der Waals surface area contributed by atoms with Crippen LogP contribution < -0.4 is 0 Å². The zero-order valence-corrected chi connectivity index (χ0v) is 8.01. The van der Waals surface area contributed by atoms with Crippen LogP contribution in [0.3, 0.4) is 0 Å². The summed E-state index contributed by atoms with van der Waals surface area (Å²) in [6.07, 6.45) is 0. The molecule has 1 aromatic heterocycles. The van der Waals surface area contributed by atoms with Gasteiger partial charge in [0, 0.05) is 5.56 Å². The lowest BCUT2D eigenvalue weighted by Crippen LogP contribution is -1.77. The summed E-state index contributed by atoms with van der Waals surface area (Å²) in [5.41, 5.74) is 1.79. The molecule has 0 spiro atoms. The van der Waals surface area contributed by atoms with E-state index in [9.17, 15) is 0 Å². The fourth-order valence-electron chi connectivity index (χ4n) is 1.08. The lowest BCUT2D eigenvalue weighted by Gasteiger charge is -1.95. The molecule has 3 heteroatoms. The zero-order chi connectivity index (χ0) is 9.26. The van der Waals surface area contributed by atoms with Crippen LogP contribution in [0.15, 0.2) is 24.3 Å². The van der Waals surface area contributed by atoms with E-state index < -0.39 is 0 Å². The molecule has 2 nitrogen and oxygen atoms in total. The van der Waals surface area contributed by atoms with Crippen molar-refractivity contribution in [2.45, 2.75) is 6.92 Å². The number of hydrogen-bond donors (Lipinski definition) is 0. The maximum Gasteiger partial charge on any atom is 0.147 e. The van der Waals surface area contributed by atoms with E-state index in [0.717, 1.165) is 21.1 Å². The van der Waals surface area contributed by atoms with E-state index in [1.807, 2.05) is 31.2 Å². The van der Waals surface area contributed by atoms with Gasteiger partial charge in [-0.2, -0.15) is 0 Å². The topological polar surface area (TPSA) is 25.8 Å². The molecule has 0 bridgehead atoms. The van der Waals surface area contributed by atoms with Crippen LogP contribution in [0.25, 0.3) is 10.6 Å². The summed E-state index contributed by atoms with van der Waals surface area (Å²) in [6, 6.07) is 7.66. The van der Waals surface area contributed by atoms with Crippen LogP contribution in [0, 0.1) is 13.8 Å². The molecule has 64 valence electrons. The van der Waals surface area contributed by atoms with Crippen molar-refractivity contribution in [1.29, 1.82) is 0 Å². The summed E-state index contributed by atoms with van der Waals surface area (Å²) in [5.74, 6) is 0. The predicted octanol–water partition coefficient (Wildman–Crippen LogP) is 2.57. The SMILES string of the molecule is [CH]c1cccc(-c2nnc(C)s2)c1. The Hall–Kier alpha value is -1.22. The van der Waals surface area contributed by atoms with Gasteiger partial charge >= 0.3 is 0 Å². The van der Waals surface area contributed by atoms with Gasteiger partial charge in [0.15, 0.2) is 0 Å². The van der Waals surface area contributed by atoms with Crippen LogP contribution in [0.4, 0.5) is 0 Å². The molecule has 0 N–H and O–H groups in total. The number of aryl methyl sites for hydroxylation is 1. The number of aromatic nitrogens is 2. The lowest BCUT2D eigenvalue weighted by molar-refractivity contribution is 1.05. The maximum atomic E-state index is 5.66. The monoisotopic (exact) mass is 188 g/mol. The minimum Gasteiger partial charge on any atom is -0.143 e. The predicted molar refractivity (Wildman–Crippen MR) is 53.5 cm³/mol. The van der Waals surface area contributed by atoms with E-state index in [2.05, 4.69) is 10.2 Å². The van der Waals surface area contributed by atoms with E-state index in [1.54, 1.807) is 11.3 Å². The molecular formula is C10H8N2S. The molecule has 1 aromatic carbocycles. The molecule has 0 atom stereocenters. The first-order chi connectivity index (χ1) is 6.25. The van der Waals surface area contributed by atoms with Crippen molar-refractivity contribution in [2.24, 2.45) is 0 Å². The van der Waals surface area contributed by atoms with Crippen molar-refractivity contribution in [3.05, 3.63) is 41.8 Å². The van der Waals surface area contributed by atoms with Crippen LogP contribution in [0.1, 0.15) is 10.6 Å². The Labute approximate surface area is 81.3 Å². The van der Waals surface area contributed by atoms with Crippen molar-refractivity contribution < 1.29 is 0 Å². The quantitative estimate of drug-likeness (QED) is 0.687. The normalized spacial score (nSPS) is 10.3. The molecule has 0 fully saturated rings. The van der Waals surface area contributed by atoms with Gasteiger partial charge in [-0.1, -0.05) is 29.5 Å². The maximum absolute atomic E-state index is 5.66. The fourth-order valence-corrected chi connectivity index (χ4v) is 1.77. The lowest BCUT2D eigenvalue weighted by atomic mass is 10.1. The van der Waals surface area contributed by atoms with Crippen molar-refractivity contribution in [3.8, 4) is 10.6 Å². The Morgan fingerprint density at radius 1 is 1.31 bits per heavy atom. The summed E-state index contributed by atoms with van der Waals surface area (Å²) in [5, 5.41) is 9.88. The fraction of sp³-hybridized carbons (Fsp3) is 0.100. The highest BCUT2D eigenvalue weighted by Crippen LogP contribution is 2.23. The van der Waals surface area contributed by atoms with E-state index in [-0.39, 0.29) is 0 Å². The number of benzene rings is 1. The van der Waals surface area contributed by atoms with Crippen LogP contribution in [0.2, 0.25) is 0 Å². The van der Waals surface area contributed by atoms with Gasteiger partial charge in [-0.05, 0) is 25.5 Å². The summed E-state index contributed by atoms with van der Waals surface area (Å²) in [6.45, 7) is 7.60. The van der Waals surface area contributed by atoms with Crippen LogP contribution in [-0.2, 0) is 0 Å². The molecule has 2 rings (SSSR count). The minimum atomic E-state index is 0.755. The number of hydrogen-bond acceptors (Lipinski definition) is 3. The first kappa shape index (κ1) is 8.38. The molecule has 13 heavy (non-hydrogen) atoms. The Kier molecular flexibility index (Phi) is 2.10. The highest BCUT2D eigenvalue weighted by atomic mass is 32.1. The van der Waals surface area contributed by atoms with E-state index in [0.29, 0.717) is 0 Å². The van der Waals surface area contributed by atoms with Crippen molar-refractivity contribution in [1.82, 2.24) is 10.2 Å². The van der Waals surface area contributed by atoms with Crippen LogP contribution in [0.5, 0.6) is 0 Å². The number of rotatable bonds is 1. The molecule has 0 amide bonds. The first-order valence-electron chi connectivity index (χ1n) is 3.92. The molecular weight excluding hydrogens is 180 g/mol. The zero-order valence-electron chi connectivity index (χ0n) is 7.19. The van der Waals surface area contributed by atoms with Gasteiger partial charge in [0.25, 0.3) is 0 Å². The third-order valence-electron chi connectivity index (χ3n) is 1.66. The Morgan fingerprint density at radius 2 is 2.15 bits per heavy atom. The minimum absolute atomic E-state index is 0.755. The Morgan fingerprint density at radius 3 is 2.77 bits per heavy atom. The van der Waals surface area contributed by atoms with Crippen molar-refractivity contribution >= 4 is 11.3 Å². The second-order valence-corrected chi connectivity index (χ2v) is 3.93. The third kappa shape index (κ3) is 1.75. The highest BCUT2D eigenvalue weighted by molar-refractivity contribution is 7.14. The Balaban J connectivity index is 2.46. The smallest absolute Gasteiger partial charge is 0.143 e. The van der Waals surface area contributed by atoms with Gasteiger partial charge in [-0.25, -0.2) is 0 Å². The summed E-state index contributed by atoms with van der Waals surface area (Å²) in [7, 11) is 0. The molecule has 0 aliphatic rings. The van der Waals surface area contributed by atoms with Gasteiger partial charge in [0.2, 0.25) is 0 Å². The summed E-state index contributed by atoms with van der Waals surface area (Å²) in [4.78, 5) is 0. The van der Waals surface area contributed by atoms with E-state index in [1.165, 1.54) is 0 Å². The molecule has 0 saturated heterocycles. The van der Waals surface area contributed by atoms with Gasteiger partial charge < -0.3 is 0 Å². The van der Waals surface area contributed by atoms with Crippen LogP contribution >= 0.6 is 11.3 Å². The van der Waals surface area contributed by atoms with E-state index in [4.69, 9.17) is 6.92 Å². The number of nitrogens with zero attached hydrogens (tertiary/aromatic N) is 2. The first-order valence-corrected chi connectivity index (χ1v) is 4.73. The second-order valence-electron chi connectivity index (χ2n) is 2.75. The molecule has 2 radical (unpaired) electrons. The molecule has 0 aliphatic heterocycles. The van der Waals surface area contributed by atoms with Crippen LogP contribution in [-0.4, -0.2) is 10.2 Å². The second kappa shape index (κ2) is 3.26. The molecule has 0 saturated carbocycles. The standard InChI is InChI=1S/C10H8N2S/c1-7-4-3-5-9(6-7)10-12-11-8(2)13-10/h1,3-6H,2H3. The average molecular weight is 188 g/mol. The van der Waals surface area contributed by atoms with Gasteiger partial charge in [0.1, 0.15) is 10.0 Å². The molecule has 0 unspecified atom stereocenters. The largest absolute Gasteiger partial charge is 0.147 e. The Bertz CT molecular complexity index is 420. The van der Waals surface area contributed by atoms with Gasteiger partial charge in [-0.3, -0.25) is 0 Å². The molecule has 2 aromatic rings.